The van der Waals surface area contributed by atoms with Gasteiger partial charge in [0.25, 0.3) is 0 Å². The molecule has 4 heteroatoms. The molecule has 0 radical (unpaired) electrons. The third kappa shape index (κ3) is 1.58. The van der Waals surface area contributed by atoms with Crippen molar-refractivity contribution in [3.8, 4) is 0 Å². The van der Waals surface area contributed by atoms with Crippen LogP contribution in [-0.4, -0.2) is 11.7 Å². The lowest BCUT2D eigenvalue weighted by Crippen LogP contribution is -2.16. The first-order valence-corrected chi connectivity index (χ1v) is 3.43. The molecule has 1 aliphatic heterocycles. The number of amidine groups is 2. The minimum Gasteiger partial charge on any atom is -0.383 e. The molecule has 0 atom stereocenters. The van der Waals surface area contributed by atoms with Crippen molar-refractivity contribution in [2.45, 2.75) is 20.8 Å². The molecule has 0 amide bonds. The molecule has 0 saturated heterocycles. The van der Waals surface area contributed by atoms with Crippen LogP contribution in [-0.2, 0) is 0 Å². The Hall–Kier alpha value is -1.32. The van der Waals surface area contributed by atoms with Gasteiger partial charge in [0.2, 0.25) is 0 Å². The Kier molecular flexibility index (Phi) is 1.94. The van der Waals surface area contributed by atoms with Gasteiger partial charge in [-0.2, -0.15) is 5.10 Å². The predicted molar refractivity (Wildman–Crippen MR) is 46.2 cm³/mol. The molecule has 1 aliphatic rings. The van der Waals surface area contributed by atoms with Crippen LogP contribution in [0.3, 0.4) is 0 Å². The fourth-order valence-electron chi connectivity index (χ4n) is 0.724. The molecule has 0 unspecified atom stereocenters. The van der Waals surface area contributed by atoms with Gasteiger partial charge in [0.15, 0.2) is 0 Å². The topological polar surface area (TPSA) is 62.8 Å². The summed E-state index contributed by atoms with van der Waals surface area (Å²) in [5, 5.41) is 3.95. The maximum absolute atomic E-state index is 5.63. The van der Waals surface area contributed by atoms with Gasteiger partial charge in [0.1, 0.15) is 11.7 Å². The van der Waals surface area contributed by atoms with E-state index >= 15 is 0 Å². The van der Waals surface area contributed by atoms with Crippen LogP contribution in [0.15, 0.2) is 21.4 Å². The van der Waals surface area contributed by atoms with E-state index in [-0.39, 0.29) is 0 Å². The van der Waals surface area contributed by atoms with E-state index in [0.29, 0.717) is 11.7 Å². The lowest BCUT2D eigenvalue weighted by Gasteiger charge is -2.01. The van der Waals surface area contributed by atoms with Crippen LogP contribution in [0.4, 0.5) is 0 Å². The molecular weight excluding hydrogens is 140 g/mol. The van der Waals surface area contributed by atoms with Crippen LogP contribution >= 0.6 is 0 Å². The zero-order valence-electron chi connectivity index (χ0n) is 6.97. The fraction of sp³-hybridized carbons (Fsp3) is 0.429. The Morgan fingerprint density at radius 2 is 1.91 bits per heavy atom. The summed E-state index contributed by atoms with van der Waals surface area (Å²) in [6.45, 7) is 5.63. The van der Waals surface area contributed by atoms with Crippen LogP contribution in [0.2, 0.25) is 0 Å². The predicted octanol–water partition coefficient (Wildman–Crippen LogP) is 0.574. The molecule has 3 N–H and O–H groups in total. The summed E-state index contributed by atoms with van der Waals surface area (Å²) in [6, 6.07) is 0. The van der Waals surface area contributed by atoms with Crippen LogP contribution in [0.5, 0.6) is 0 Å². The Bertz CT molecular complexity index is 260. The number of nitrogens with one attached hydrogen (secondary N) is 1. The molecule has 1 rings (SSSR count). The smallest absolute Gasteiger partial charge is 0.147 e. The van der Waals surface area contributed by atoms with Crippen molar-refractivity contribution < 1.29 is 0 Å². The summed E-state index contributed by atoms with van der Waals surface area (Å²) < 4.78 is 0. The third-order valence-corrected chi connectivity index (χ3v) is 1.61. The van der Waals surface area contributed by atoms with Gasteiger partial charge in [0, 0.05) is 11.3 Å². The molecule has 0 aromatic rings. The first-order chi connectivity index (χ1) is 5.11. The van der Waals surface area contributed by atoms with Crippen LogP contribution in [0.25, 0.3) is 0 Å². The van der Waals surface area contributed by atoms with Gasteiger partial charge in [-0.15, -0.1) is 0 Å². The summed E-state index contributed by atoms with van der Waals surface area (Å²) in [7, 11) is 0. The third-order valence-electron chi connectivity index (χ3n) is 1.61. The average Bonchev–Trinajstić information content (AvgIpc) is 2.05. The second-order valence-electron chi connectivity index (χ2n) is 2.52. The lowest BCUT2D eigenvalue weighted by atomic mass is 10.2. The van der Waals surface area contributed by atoms with E-state index < -0.39 is 0 Å². The first kappa shape index (κ1) is 7.78. The minimum atomic E-state index is 0.536. The van der Waals surface area contributed by atoms with Crippen molar-refractivity contribution in [3.05, 3.63) is 11.3 Å². The Labute approximate surface area is 65.9 Å². The molecule has 0 aromatic heterocycles. The number of aliphatic imine (C=N–C) groups is 1. The lowest BCUT2D eigenvalue weighted by molar-refractivity contribution is 0.878. The van der Waals surface area contributed by atoms with Gasteiger partial charge in [-0.05, 0) is 20.8 Å². The average molecular weight is 152 g/mol. The molecule has 1 heterocycles. The van der Waals surface area contributed by atoms with Gasteiger partial charge in [-0.25, -0.2) is 4.99 Å². The first-order valence-electron chi connectivity index (χ1n) is 3.43. The molecule has 0 fully saturated rings. The van der Waals surface area contributed by atoms with E-state index in [4.69, 9.17) is 5.73 Å². The maximum atomic E-state index is 5.63. The van der Waals surface area contributed by atoms with Crippen LogP contribution in [0, 0.1) is 0 Å². The molecule has 0 aliphatic carbocycles. The van der Waals surface area contributed by atoms with E-state index in [9.17, 15) is 0 Å². The summed E-state index contributed by atoms with van der Waals surface area (Å²) in [5.41, 5.74) is 10.4. The molecular formula is C7H12N4. The van der Waals surface area contributed by atoms with E-state index in [0.717, 1.165) is 11.3 Å². The van der Waals surface area contributed by atoms with Crippen molar-refractivity contribution in [1.29, 1.82) is 0 Å². The normalized spacial score (nSPS) is 18.5. The minimum absolute atomic E-state index is 0.536. The number of hydrogen-bond donors (Lipinski definition) is 2. The maximum Gasteiger partial charge on any atom is 0.147 e. The SMILES string of the molecule is CC1=NNC(C)=C(C)C(N)=N1. The highest BCUT2D eigenvalue weighted by Gasteiger charge is 2.04. The van der Waals surface area contributed by atoms with Gasteiger partial charge in [0.05, 0.1) is 0 Å². The fourth-order valence-corrected chi connectivity index (χ4v) is 0.724. The Morgan fingerprint density at radius 1 is 1.27 bits per heavy atom. The van der Waals surface area contributed by atoms with E-state index in [1.54, 1.807) is 6.92 Å². The molecule has 0 saturated carbocycles. The zero-order valence-corrected chi connectivity index (χ0v) is 6.97. The monoisotopic (exact) mass is 152 g/mol. The second kappa shape index (κ2) is 2.74. The summed E-state index contributed by atoms with van der Waals surface area (Å²) in [6.07, 6.45) is 0. The highest BCUT2D eigenvalue weighted by Crippen LogP contribution is 2.03. The summed E-state index contributed by atoms with van der Waals surface area (Å²) in [5.74, 6) is 1.19. The van der Waals surface area contributed by atoms with Crippen molar-refractivity contribution in [1.82, 2.24) is 5.43 Å². The van der Waals surface area contributed by atoms with Gasteiger partial charge < -0.3 is 5.73 Å². The molecule has 60 valence electrons. The number of nitrogens with zero attached hydrogens (tertiary/aromatic N) is 2. The van der Waals surface area contributed by atoms with Crippen molar-refractivity contribution in [2.75, 3.05) is 0 Å². The van der Waals surface area contributed by atoms with Crippen molar-refractivity contribution in [3.63, 3.8) is 0 Å². The largest absolute Gasteiger partial charge is 0.383 e. The Morgan fingerprint density at radius 3 is 2.55 bits per heavy atom. The zero-order chi connectivity index (χ0) is 8.43. The van der Waals surface area contributed by atoms with Crippen molar-refractivity contribution >= 4 is 11.7 Å². The summed E-state index contributed by atoms with van der Waals surface area (Å²) >= 11 is 0. The number of rotatable bonds is 0. The number of nitrogens with two attached hydrogens (primary N) is 1. The van der Waals surface area contributed by atoms with E-state index in [1.165, 1.54) is 0 Å². The van der Waals surface area contributed by atoms with Crippen molar-refractivity contribution in [2.24, 2.45) is 15.8 Å². The van der Waals surface area contributed by atoms with Gasteiger partial charge >= 0.3 is 0 Å². The van der Waals surface area contributed by atoms with Crippen LogP contribution < -0.4 is 11.2 Å². The molecule has 11 heavy (non-hydrogen) atoms. The second-order valence-corrected chi connectivity index (χ2v) is 2.52. The van der Waals surface area contributed by atoms with Crippen LogP contribution in [0.1, 0.15) is 20.8 Å². The molecule has 0 bridgehead atoms. The standard InChI is InChI=1S/C7H12N4/c1-4-5(2)10-11-6(3)9-7(4)8/h10H,1-3H3,(H2,8,9,11). The number of hydrazone groups is 1. The summed E-state index contributed by atoms with van der Waals surface area (Å²) in [4.78, 5) is 4.03. The van der Waals surface area contributed by atoms with E-state index in [1.807, 2.05) is 13.8 Å². The van der Waals surface area contributed by atoms with Gasteiger partial charge in [-0.1, -0.05) is 0 Å². The molecule has 0 aromatic carbocycles. The highest BCUT2D eigenvalue weighted by atomic mass is 15.3. The number of hydrogen-bond acceptors (Lipinski definition) is 4. The van der Waals surface area contributed by atoms with E-state index in [2.05, 4.69) is 15.5 Å². The Balaban J connectivity index is 3.05. The number of allylic oxidation sites excluding steroid dienone is 1. The molecule has 4 nitrogen and oxygen atoms in total. The van der Waals surface area contributed by atoms with Gasteiger partial charge in [-0.3, -0.25) is 5.43 Å². The molecule has 0 spiro atoms. The highest BCUT2D eigenvalue weighted by molar-refractivity contribution is 6.05. The quantitative estimate of drug-likeness (QED) is 0.533.